The van der Waals surface area contributed by atoms with Crippen LogP contribution in [0.5, 0.6) is 0 Å². The highest BCUT2D eigenvalue weighted by atomic mass is 32.1. The van der Waals surface area contributed by atoms with E-state index in [0.717, 1.165) is 28.9 Å². The van der Waals surface area contributed by atoms with Crippen LogP contribution in [0.2, 0.25) is 0 Å². The molecule has 2 aromatic heterocycles. The number of hydrogen-bond donors (Lipinski definition) is 1. The zero-order valence-electron chi connectivity index (χ0n) is 15.4. The molecule has 3 rings (SSSR count). The lowest BCUT2D eigenvalue weighted by atomic mass is 10.1. The first-order chi connectivity index (χ1) is 13.1. The fraction of sp³-hybridized carbons (Fsp3) is 0.286. The van der Waals surface area contributed by atoms with Crippen molar-refractivity contribution in [3.8, 4) is 10.6 Å². The normalized spacial score (nSPS) is 11.9. The van der Waals surface area contributed by atoms with Crippen LogP contribution in [0.4, 0.5) is 0 Å². The van der Waals surface area contributed by atoms with Gasteiger partial charge in [0.25, 0.3) is 5.91 Å². The predicted octanol–water partition coefficient (Wildman–Crippen LogP) is 4.42. The van der Waals surface area contributed by atoms with E-state index in [2.05, 4.69) is 17.2 Å². The third-order valence-corrected chi connectivity index (χ3v) is 5.07. The highest BCUT2D eigenvalue weighted by Gasteiger charge is 2.17. The van der Waals surface area contributed by atoms with Gasteiger partial charge in [0, 0.05) is 11.4 Å². The van der Waals surface area contributed by atoms with E-state index in [1.165, 1.54) is 0 Å². The van der Waals surface area contributed by atoms with Crippen molar-refractivity contribution >= 4 is 34.1 Å². The van der Waals surface area contributed by atoms with Crippen LogP contribution in [0.15, 0.2) is 47.8 Å². The number of rotatable bonds is 7. The topological polar surface area (TPSA) is 68.3 Å². The molecule has 5 nitrogen and oxygen atoms in total. The summed E-state index contributed by atoms with van der Waals surface area (Å²) in [5, 5.41) is 5.51. The number of amides is 1. The Bertz CT molecular complexity index is 938. The number of thiophene rings is 1. The summed E-state index contributed by atoms with van der Waals surface area (Å²) in [5.41, 5.74) is 1.85. The van der Waals surface area contributed by atoms with Crippen molar-refractivity contribution in [2.24, 2.45) is 0 Å². The number of hydrogen-bond acceptors (Lipinski definition) is 5. The Morgan fingerprint density at radius 2 is 2.04 bits per heavy atom. The lowest BCUT2D eigenvalue weighted by Gasteiger charge is -2.13. The monoisotopic (exact) mass is 382 g/mol. The summed E-state index contributed by atoms with van der Waals surface area (Å²) in [6.07, 6.45) is 1.87. The van der Waals surface area contributed by atoms with Crippen molar-refractivity contribution in [2.45, 2.75) is 32.7 Å². The Labute approximate surface area is 162 Å². The van der Waals surface area contributed by atoms with Crippen LogP contribution in [-0.4, -0.2) is 29.5 Å². The van der Waals surface area contributed by atoms with Crippen LogP contribution < -0.4 is 5.32 Å². The summed E-state index contributed by atoms with van der Waals surface area (Å²) in [5.74, 6) is -0.814. The average Bonchev–Trinajstić information content (AvgIpc) is 3.20. The molecule has 1 amide bonds. The molecule has 1 aromatic carbocycles. The number of carbonyl (C=O) groups is 2. The minimum Gasteiger partial charge on any atom is -0.452 e. The molecule has 0 saturated carbocycles. The van der Waals surface area contributed by atoms with Crippen molar-refractivity contribution in [1.82, 2.24) is 10.3 Å². The molecule has 0 saturated heterocycles. The number of pyridine rings is 1. The highest BCUT2D eigenvalue weighted by Crippen LogP contribution is 2.28. The number of nitrogens with zero attached hydrogens (tertiary/aromatic N) is 1. The summed E-state index contributed by atoms with van der Waals surface area (Å²) in [6.45, 7) is 3.70. The molecule has 3 aromatic rings. The molecule has 0 bridgehead atoms. The van der Waals surface area contributed by atoms with Gasteiger partial charge < -0.3 is 10.1 Å². The Morgan fingerprint density at radius 1 is 1.22 bits per heavy atom. The first-order valence-electron chi connectivity index (χ1n) is 8.98. The Kier molecular flexibility index (Phi) is 6.19. The number of aromatic nitrogens is 1. The first-order valence-corrected chi connectivity index (χ1v) is 9.86. The lowest BCUT2D eigenvalue weighted by molar-refractivity contribution is -0.124. The van der Waals surface area contributed by atoms with Crippen LogP contribution in [-0.2, 0) is 9.53 Å². The standard InChI is InChI=1S/C21H22N2O3S/c1-3-7-14(2)22-20(24)13-26-21(25)16-12-18(19-10-6-11-27-19)23-17-9-5-4-8-15(16)17/h4-6,8-12,14H,3,7,13H2,1-2H3,(H,22,24). The van der Waals surface area contributed by atoms with Gasteiger partial charge in [-0.2, -0.15) is 0 Å². The van der Waals surface area contributed by atoms with Crippen molar-refractivity contribution < 1.29 is 14.3 Å². The van der Waals surface area contributed by atoms with Gasteiger partial charge in [-0.15, -0.1) is 11.3 Å². The number of ether oxygens (including phenoxy) is 1. The minimum atomic E-state index is -0.523. The SMILES string of the molecule is CCCC(C)NC(=O)COC(=O)c1cc(-c2cccs2)nc2ccccc12. The van der Waals surface area contributed by atoms with Crippen molar-refractivity contribution in [3.63, 3.8) is 0 Å². The number of fused-ring (bicyclic) bond motifs is 1. The van der Waals surface area contributed by atoms with Crippen molar-refractivity contribution in [3.05, 3.63) is 53.4 Å². The summed E-state index contributed by atoms with van der Waals surface area (Å²) in [6, 6.07) is 13.1. The van der Waals surface area contributed by atoms with Gasteiger partial charge in [-0.1, -0.05) is 37.6 Å². The van der Waals surface area contributed by atoms with E-state index in [-0.39, 0.29) is 18.6 Å². The highest BCUT2D eigenvalue weighted by molar-refractivity contribution is 7.13. The van der Waals surface area contributed by atoms with Crippen molar-refractivity contribution in [1.29, 1.82) is 0 Å². The smallest absolute Gasteiger partial charge is 0.339 e. The van der Waals surface area contributed by atoms with Gasteiger partial charge in [0.15, 0.2) is 6.61 Å². The molecular formula is C21H22N2O3S. The summed E-state index contributed by atoms with van der Waals surface area (Å²) >= 11 is 1.56. The number of esters is 1. The fourth-order valence-electron chi connectivity index (χ4n) is 2.93. The molecule has 140 valence electrons. The summed E-state index contributed by atoms with van der Waals surface area (Å²) < 4.78 is 5.27. The number of benzene rings is 1. The number of para-hydroxylation sites is 1. The van der Waals surface area contributed by atoms with Gasteiger partial charge in [-0.3, -0.25) is 4.79 Å². The van der Waals surface area contributed by atoms with Crippen LogP contribution in [0.3, 0.4) is 0 Å². The van der Waals surface area contributed by atoms with Gasteiger partial charge in [0.1, 0.15) is 0 Å². The molecule has 6 heteroatoms. The molecule has 0 spiro atoms. The molecule has 0 aliphatic carbocycles. The van der Waals surface area contributed by atoms with Crippen molar-refractivity contribution in [2.75, 3.05) is 6.61 Å². The quantitative estimate of drug-likeness (QED) is 0.614. The van der Waals surface area contributed by atoms with Gasteiger partial charge in [0.05, 0.1) is 21.7 Å². The fourth-order valence-corrected chi connectivity index (χ4v) is 3.61. The van der Waals surface area contributed by atoms with Crippen LogP contribution >= 0.6 is 11.3 Å². The van der Waals surface area contributed by atoms with Gasteiger partial charge in [0.2, 0.25) is 0 Å². The molecule has 0 aliphatic rings. The van der Waals surface area contributed by atoms with Crippen LogP contribution in [0.25, 0.3) is 21.5 Å². The number of nitrogens with one attached hydrogen (secondary N) is 1. The Balaban J connectivity index is 1.80. The maximum Gasteiger partial charge on any atom is 0.339 e. The zero-order valence-corrected chi connectivity index (χ0v) is 16.2. The molecule has 1 N–H and O–H groups in total. The summed E-state index contributed by atoms with van der Waals surface area (Å²) in [7, 11) is 0. The maximum atomic E-state index is 12.7. The molecule has 2 heterocycles. The molecule has 0 aliphatic heterocycles. The van der Waals surface area contributed by atoms with E-state index in [4.69, 9.17) is 4.74 Å². The zero-order chi connectivity index (χ0) is 19.2. The van der Waals surface area contributed by atoms with E-state index >= 15 is 0 Å². The van der Waals surface area contributed by atoms with E-state index in [1.54, 1.807) is 17.4 Å². The molecule has 27 heavy (non-hydrogen) atoms. The molecule has 1 atom stereocenters. The first kappa shape index (κ1) is 19.0. The van der Waals surface area contributed by atoms with E-state index in [0.29, 0.717) is 10.9 Å². The second-order valence-electron chi connectivity index (χ2n) is 6.38. The third-order valence-electron chi connectivity index (χ3n) is 4.17. The second-order valence-corrected chi connectivity index (χ2v) is 7.33. The predicted molar refractivity (Wildman–Crippen MR) is 108 cm³/mol. The Hall–Kier alpha value is -2.73. The van der Waals surface area contributed by atoms with Gasteiger partial charge >= 0.3 is 5.97 Å². The molecule has 0 fully saturated rings. The van der Waals surface area contributed by atoms with Gasteiger partial charge in [-0.05, 0) is 36.9 Å². The molecule has 0 radical (unpaired) electrons. The van der Waals surface area contributed by atoms with E-state index < -0.39 is 5.97 Å². The summed E-state index contributed by atoms with van der Waals surface area (Å²) in [4.78, 5) is 30.3. The van der Waals surface area contributed by atoms with E-state index in [9.17, 15) is 9.59 Å². The maximum absolute atomic E-state index is 12.7. The lowest BCUT2D eigenvalue weighted by Crippen LogP contribution is -2.35. The van der Waals surface area contributed by atoms with E-state index in [1.807, 2.05) is 48.7 Å². The number of carbonyl (C=O) groups excluding carboxylic acids is 2. The van der Waals surface area contributed by atoms with Crippen LogP contribution in [0, 0.1) is 0 Å². The third kappa shape index (κ3) is 4.71. The van der Waals surface area contributed by atoms with Gasteiger partial charge in [-0.25, -0.2) is 9.78 Å². The molecular weight excluding hydrogens is 360 g/mol. The van der Waals surface area contributed by atoms with Crippen LogP contribution in [0.1, 0.15) is 37.0 Å². The average molecular weight is 382 g/mol. The molecule has 1 unspecified atom stereocenters. The minimum absolute atomic E-state index is 0.0633. The second kappa shape index (κ2) is 8.77. The largest absolute Gasteiger partial charge is 0.452 e. The Morgan fingerprint density at radius 3 is 2.78 bits per heavy atom.